The summed E-state index contributed by atoms with van der Waals surface area (Å²) in [5.74, 6) is 0. The van der Waals surface area contributed by atoms with Gasteiger partial charge in [-0.25, -0.2) is 9.34 Å². The van der Waals surface area contributed by atoms with Crippen molar-refractivity contribution in [2.24, 2.45) is 0 Å². The lowest BCUT2D eigenvalue weighted by atomic mass is 10.1. The van der Waals surface area contributed by atoms with Crippen molar-refractivity contribution in [1.82, 2.24) is 9.34 Å². The second-order valence-corrected chi connectivity index (χ2v) is 8.88. The molecule has 0 aromatic heterocycles. The zero-order valence-electron chi connectivity index (χ0n) is 14.7. The van der Waals surface area contributed by atoms with Crippen LogP contribution in [0.1, 0.15) is 73.1 Å². The van der Waals surface area contributed by atoms with Gasteiger partial charge in [0.2, 0.25) is 0 Å². The molecular weight excluding hydrogens is 283 g/mol. The first-order chi connectivity index (χ1) is 9.93. The van der Waals surface area contributed by atoms with Gasteiger partial charge in [-0.3, -0.25) is 4.57 Å². The molecule has 0 aromatic rings. The van der Waals surface area contributed by atoms with Gasteiger partial charge < -0.3 is 4.52 Å². The Labute approximate surface area is 131 Å². The fourth-order valence-electron chi connectivity index (χ4n) is 3.18. The van der Waals surface area contributed by atoms with Gasteiger partial charge in [0.1, 0.15) is 0 Å². The highest BCUT2D eigenvalue weighted by molar-refractivity contribution is 7.54. The van der Waals surface area contributed by atoms with E-state index in [0.29, 0.717) is 6.61 Å². The number of nitrogens with zero attached hydrogens (tertiary/aromatic N) is 2. The van der Waals surface area contributed by atoms with E-state index in [-0.39, 0.29) is 12.1 Å². The van der Waals surface area contributed by atoms with E-state index >= 15 is 0 Å². The van der Waals surface area contributed by atoms with Crippen molar-refractivity contribution in [3.63, 3.8) is 0 Å². The van der Waals surface area contributed by atoms with E-state index in [1.54, 1.807) is 0 Å². The van der Waals surface area contributed by atoms with Gasteiger partial charge in [-0.05, 0) is 34.1 Å². The van der Waals surface area contributed by atoms with Gasteiger partial charge in [-0.2, -0.15) is 0 Å². The summed E-state index contributed by atoms with van der Waals surface area (Å²) in [5.41, 5.74) is 0. The fraction of sp³-hybridized carbons (Fsp3) is 1.00. The lowest BCUT2D eigenvalue weighted by molar-refractivity contribution is 0.225. The molecule has 1 heterocycles. The maximum atomic E-state index is 13.3. The van der Waals surface area contributed by atoms with Crippen LogP contribution in [0.25, 0.3) is 0 Å². The molecule has 0 saturated carbocycles. The summed E-state index contributed by atoms with van der Waals surface area (Å²) in [5, 5.41) is 0. The van der Waals surface area contributed by atoms with Crippen LogP contribution in [-0.4, -0.2) is 41.1 Å². The number of rotatable bonds is 10. The Morgan fingerprint density at radius 2 is 1.62 bits per heavy atom. The summed E-state index contributed by atoms with van der Waals surface area (Å²) in [6, 6.07) is 0.474. The highest BCUT2D eigenvalue weighted by Crippen LogP contribution is 2.59. The molecule has 126 valence electrons. The van der Waals surface area contributed by atoms with E-state index in [4.69, 9.17) is 4.52 Å². The lowest BCUT2D eigenvalue weighted by Gasteiger charge is -2.38. The molecule has 0 aliphatic carbocycles. The monoisotopic (exact) mass is 318 g/mol. The Morgan fingerprint density at radius 1 is 1.05 bits per heavy atom. The third-order valence-electron chi connectivity index (χ3n) is 4.09. The minimum absolute atomic E-state index is 0.237. The SMILES string of the molecule is CCCCCCCCN1CCOP1(=O)N(C(C)C)C(C)C. The van der Waals surface area contributed by atoms with Crippen molar-refractivity contribution in [2.45, 2.75) is 85.2 Å². The highest BCUT2D eigenvalue weighted by atomic mass is 31.2. The van der Waals surface area contributed by atoms with Crippen LogP contribution < -0.4 is 0 Å². The van der Waals surface area contributed by atoms with Crippen molar-refractivity contribution < 1.29 is 9.09 Å². The van der Waals surface area contributed by atoms with E-state index < -0.39 is 7.67 Å². The van der Waals surface area contributed by atoms with E-state index in [9.17, 15) is 4.57 Å². The zero-order valence-corrected chi connectivity index (χ0v) is 15.6. The zero-order chi connectivity index (χ0) is 15.9. The summed E-state index contributed by atoms with van der Waals surface area (Å²) in [6.45, 7) is 13.0. The smallest absolute Gasteiger partial charge is 0.304 e. The molecule has 1 aliphatic rings. The summed E-state index contributed by atoms with van der Waals surface area (Å²) >= 11 is 0. The minimum Gasteiger partial charge on any atom is -0.304 e. The van der Waals surface area contributed by atoms with Gasteiger partial charge >= 0.3 is 7.67 Å². The predicted octanol–water partition coefficient (Wildman–Crippen LogP) is 4.91. The normalized spacial score (nSPS) is 23.8. The van der Waals surface area contributed by atoms with Crippen LogP contribution in [0, 0.1) is 0 Å². The van der Waals surface area contributed by atoms with Crippen LogP contribution in [0.2, 0.25) is 0 Å². The number of hydrogen-bond donors (Lipinski definition) is 0. The quantitative estimate of drug-likeness (QED) is 0.423. The Hall–Kier alpha value is 0.110. The molecule has 0 radical (unpaired) electrons. The molecule has 0 bridgehead atoms. The topological polar surface area (TPSA) is 32.8 Å². The first-order valence-corrected chi connectivity index (χ1v) is 10.2. The third-order valence-corrected chi connectivity index (χ3v) is 7.23. The largest absolute Gasteiger partial charge is 0.346 e. The molecule has 0 N–H and O–H groups in total. The molecule has 0 amide bonds. The molecule has 5 heteroatoms. The minimum atomic E-state index is -2.80. The van der Waals surface area contributed by atoms with Crippen LogP contribution in [0.15, 0.2) is 0 Å². The van der Waals surface area contributed by atoms with Crippen LogP contribution in [0.4, 0.5) is 0 Å². The first-order valence-electron chi connectivity index (χ1n) is 8.72. The van der Waals surface area contributed by atoms with Crippen LogP contribution in [0.5, 0.6) is 0 Å². The van der Waals surface area contributed by atoms with Crippen molar-refractivity contribution in [1.29, 1.82) is 0 Å². The summed E-state index contributed by atoms with van der Waals surface area (Å²) in [7, 11) is -2.80. The Balaban J connectivity index is 2.51. The van der Waals surface area contributed by atoms with Gasteiger partial charge in [0.15, 0.2) is 0 Å². The number of hydrogen-bond acceptors (Lipinski definition) is 2. The average molecular weight is 318 g/mol. The Morgan fingerprint density at radius 3 is 2.19 bits per heavy atom. The molecule has 1 rings (SSSR count). The molecule has 0 spiro atoms. The first kappa shape index (κ1) is 19.2. The van der Waals surface area contributed by atoms with Crippen molar-refractivity contribution in [2.75, 3.05) is 19.7 Å². The third kappa shape index (κ3) is 5.35. The second kappa shape index (κ2) is 9.29. The van der Waals surface area contributed by atoms with Crippen molar-refractivity contribution >= 4 is 7.67 Å². The van der Waals surface area contributed by atoms with E-state index in [0.717, 1.165) is 19.5 Å². The van der Waals surface area contributed by atoms with Crippen LogP contribution in [-0.2, 0) is 9.09 Å². The summed E-state index contributed by atoms with van der Waals surface area (Å²) in [4.78, 5) is 0. The summed E-state index contributed by atoms with van der Waals surface area (Å²) in [6.07, 6.45) is 7.60. The maximum absolute atomic E-state index is 13.3. The van der Waals surface area contributed by atoms with Gasteiger partial charge in [-0.1, -0.05) is 39.0 Å². The van der Waals surface area contributed by atoms with Crippen LogP contribution >= 0.6 is 7.67 Å². The van der Waals surface area contributed by atoms with Gasteiger partial charge in [0.05, 0.1) is 6.61 Å². The highest BCUT2D eigenvalue weighted by Gasteiger charge is 2.44. The molecule has 1 aliphatic heterocycles. The second-order valence-electron chi connectivity index (χ2n) is 6.61. The standard InChI is InChI=1S/C16H35N2O2P/c1-6-7-8-9-10-11-12-17-13-14-20-21(17,19)18(15(2)3)16(4)5/h15-16H,6-14H2,1-5H3. The molecule has 1 unspecified atom stereocenters. The molecule has 21 heavy (non-hydrogen) atoms. The maximum Gasteiger partial charge on any atom is 0.346 e. The van der Waals surface area contributed by atoms with Gasteiger partial charge in [0, 0.05) is 25.2 Å². The van der Waals surface area contributed by atoms with Gasteiger partial charge in [-0.15, -0.1) is 0 Å². The molecule has 1 fully saturated rings. The molecule has 4 nitrogen and oxygen atoms in total. The average Bonchev–Trinajstić information content (AvgIpc) is 2.74. The lowest BCUT2D eigenvalue weighted by Crippen LogP contribution is -2.38. The van der Waals surface area contributed by atoms with Crippen LogP contribution in [0.3, 0.4) is 0 Å². The van der Waals surface area contributed by atoms with E-state index in [2.05, 4.69) is 44.0 Å². The summed E-state index contributed by atoms with van der Waals surface area (Å²) < 4.78 is 23.2. The number of unbranched alkanes of at least 4 members (excludes halogenated alkanes) is 5. The van der Waals surface area contributed by atoms with Crippen molar-refractivity contribution in [3.05, 3.63) is 0 Å². The predicted molar refractivity (Wildman–Crippen MR) is 90.6 cm³/mol. The molecular formula is C16H35N2O2P. The molecule has 1 atom stereocenters. The molecule has 0 aromatic carbocycles. The van der Waals surface area contributed by atoms with E-state index in [1.807, 2.05) is 0 Å². The Kier molecular flexibility index (Phi) is 8.48. The van der Waals surface area contributed by atoms with Crippen molar-refractivity contribution in [3.8, 4) is 0 Å². The fourth-order valence-corrected chi connectivity index (χ4v) is 5.98. The molecule has 1 saturated heterocycles. The van der Waals surface area contributed by atoms with E-state index in [1.165, 1.54) is 32.1 Å². The van der Waals surface area contributed by atoms with Gasteiger partial charge in [0.25, 0.3) is 0 Å². The Bertz CT molecular complexity index is 326.